The number of nitro groups is 1. The van der Waals surface area contributed by atoms with Gasteiger partial charge in [0, 0.05) is 12.6 Å². The molecule has 0 unspecified atom stereocenters. The predicted octanol–water partition coefficient (Wildman–Crippen LogP) is 2.61. The summed E-state index contributed by atoms with van der Waals surface area (Å²) in [6.45, 7) is 2.64. The van der Waals surface area contributed by atoms with Crippen molar-refractivity contribution in [2.24, 2.45) is 5.41 Å². The van der Waals surface area contributed by atoms with E-state index in [1.165, 1.54) is 24.6 Å². The second kappa shape index (κ2) is 5.48. The number of rotatable bonds is 5. The molecule has 6 nitrogen and oxygen atoms in total. The van der Waals surface area contributed by atoms with Crippen molar-refractivity contribution in [2.45, 2.75) is 32.6 Å². The molecule has 0 saturated heterocycles. The molecule has 1 aromatic carbocycles. The Morgan fingerprint density at radius 3 is 2.70 bits per heavy atom. The first-order chi connectivity index (χ1) is 9.49. The second-order valence-electron chi connectivity index (χ2n) is 5.32. The average Bonchev–Trinajstić information content (AvgIpc) is 2.37. The number of carbonyl (C=O) groups is 1. The highest BCUT2D eigenvalue weighted by Gasteiger charge is 2.35. The average molecular weight is 278 g/mol. The molecule has 1 saturated carbocycles. The Bertz CT molecular complexity index is 532. The van der Waals surface area contributed by atoms with Crippen LogP contribution in [-0.2, 0) is 0 Å². The molecule has 0 bridgehead atoms. The van der Waals surface area contributed by atoms with Crippen molar-refractivity contribution in [3.8, 4) is 5.75 Å². The lowest BCUT2D eigenvalue weighted by Gasteiger charge is -2.41. The fraction of sp³-hybridized carbons (Fsp3) is 0.500. The molecule has 2 rings (SSSR count). The van der Waals surface area contributed by atoms with Crippen molar-refractivity contribution in [1.82, 2.24) is 5.32 Å². The number of para-hydroxylation sites is 1. The monoisotopic (exact) mass is 278 g/mol. The molecule has 1 aliphatic rings. The molecule has 108 valence electrons. The lowest BCUT2D eigenvalue weighted by Crippen LogP contribution is -2.41. The minimum absolute atomic E-state index is 0.0511. The second-order valence-corrected chi connectivity index (χ2v) is 5.32. The molecule has 0 aromatic heterocycles. The van der Waals surface area contributed by atoms with Crippen molar-refractivity contribution in [3.05, 3.63) is 33.9 Å². The van der Waals surface area contributed by atoms with Crippen LogP contribution in [-0.4, -0.2) is 22.5 Å². The van der Waals surface area contributed by atoms with Crippen molar-refractivity contribution in [1.29, 1.82) is 0 Å². The van der Waals surface area contributed by atoms with Gasteiger partial charge in [0.1, 0.15) is 0 Å². The first-order valence-corrected chi connectivity index (χ1v) is 6.74. The normalized spacial score (nSPS) is 16.2. The number of nitrogens with one attached hydrogen (secondary N) is 1. The van der Waals surface area contributed by atoms with E-state index in [2.05, 4.69) is 12.2 Å². The van der Waals surface area contributed by atoms with Gasteiger partial charge in [-0.3, -0.25) is 14.9 Å². The van der Waals surface area contributed by atoms with Gasteiger partial charge < -0.3 is 10.4 Å². The minimum Gasteiger partial charge on any atom is -0.502 e. The summed E-state index contributed by atoms with van der Waals surface area (Å²) in [5.74, 6) is -1.04. The Morgan fingerprint density at radius 1 is 1.50 bits per heavy atom. The summed E-state index contributed by atoms with van der Waals surface area (Å²) in [4.78, 5) is 22.1. The smallest absolute Gasteiger partial charge is 0.311 e. The third-order valence-corrected chi connectivity index (χ3v) is 4.24. The number of phenolic OH excluding ortho intramolecular Hbond substituents is 1. The SMILES string of the molecule is CCC1(CNC(=O)c2cccc([N+](=O)[O-])c2O)CCC1. The molecular weight excluding hydrogens is 260 g/mol. The van der Waals surface area contributed by atoms with Crippen LogP contribution in [0.3, 0.4) is 0 Å². The maximum atomic E-state index is 12.0. The minimum atomic E-state index is -0.703. The molecule has 1 aliphatic carbocycles. The van der Waals surface area contributed by atoms with Crippen LogP contribution in [0.1, 0.15) is 43.0 Å². The Hall–Kier alpha value is -2.11. The predicted molar refractivity (Wildman–Crippen MR) is 73.7 cm³/mol. The number of nitro benzene ring substituents is 1. The van der Waals surface area contributed by atoms with E-state index in [1.54, 1.807) is 0 Å². The standard InChI is InChI=1S/C14H18N2O4/c1-2-14(7-4-8-14)9-15-13(18)10-5-3-6-11(12(10)17)16(19)20/h3,5-6,17H,2,4,7-9H2,1H3,(H,15,18). The van der Waals surface area contributed by atoms with Gasteiger partial charge in [0.05, 0.1) is 10.5 Å². The van der Waals surface area contributed by atoms with Gasteiger partial charge in [-0.2, -0.15) is 0 Å². The number of hydrogen-bond donors (Lipinski definition) is 2. The zero-order chi connectivity index (χ0) is 14.8. The Kier molecular flexibility index (Phi) is 3.92. The summed E-state index contributed by atoms with van der Waals surface area (Å²) in [6.07, 6.45) is 4.34. The maximum Gasteiger partial charge on any atom is 0.311 e. The van der Waals surface area contributed by atoms with E-state index in [1.807, 2.05) is 0 Å². The molecule has 20 heavy (non-hydrogen) atoms. The maximum absolute atomic E-state index is 12.0. The molecule has 1 fully saturated rings. The van der Waals surface area contributed by atoms with Gasteiger partial charge in [-0.05, 0) is 30.7 Å². The largest absolute Gasteiger partial charge is 0.502 e. The lowest BCUT2D eigenvalue weighted by molar-refractivity contribution is -0.385. The van der Waals surface area contributed by atoms with Crippen LogP contribution < -0.4 is 5.32 Å². The van der Waals surface area contributed by atoms with Gasteiger partial charge in [-0.15, -0.1) is 0 Å². The van der Waals surface area contributed by atoms with Gasteiger partial charge >= 0.3 is 5.69 Å². The summed E-state index contributed by atoms with van der Waals surface area (Å²) in [5, 5.41) is 23.3. The first-order valence-electron chi connectivity index (χ1n) is 6.74. The van der Waals surface area contributed by atoms with E-state index in [0.29, 0.717) is 6.54 Å². The Balaban J connectivity index is 2.10. The molecule has 1 amide bonds. The van der Waals surface area contributed by atoms with E-state index < -0.39 is 22.3 Å². The number of phenols is 1. The summed E-state index contributed by atoms with van der Waals surface area (Å²) in [5.41, 5.74) is -0.345. The van der Waals surface area contributed by atoms with E-state index in [0.717, 1.165) is 19.3 Å². The highest BCUT2D eigenvalue weighted by molar-refractivity contribution is 5.98. The molecule has 2 N–H and O–H groups in total. The van der Waals surface area contributed by atoms with Crippen LogP contribution in [0.15, 0.2) is 18.2 Å². The van der Waals surface area contributed by atoms with Crippen molar-refractivity contribution in [3.63, 3.8) is 0 Å². The number of hydrogen-bond acceptors (Lipinski definition) is 4. The first kappa shape index (κ1) is 14.3. The Labute approximate surface area is 117 Å². The number of amides is 1. The van der Waals surface area contributed by atoms with Crippen LogP contribution in [0, 0.1) is 15.5 Å². The summed E-state index contributed by atoms with van der Waals surface area (Å²) < 4.78 is 0. The third kappa shape index (κ3) is 2.59. The van der Waals surface area contributed by atoms with Gasteiger partial charge in [0.25, 0.3) is 5.91 Å². The van der Waals surface area contributed by atoms with E-state index in [4.69, 9.17) is 0 Å². The lowest BCUT2D eigenvalue weighted by atomic mass is 9.67. The number of benzene rings is 1. The van der Waals surface area contributed by atoms with E-state index in [9.17, 15) is 20.0 Å². The zero-order valence-electron chi connectivity index (χ0n) is 11.4. The van der Waals surface area contributed by atoms with Gasteiger partial charge in [-0.1, -0.05) is 19.4 Å². The van der Waals surface area contributed by atoms with Crippen LogP contribution in [0.25, 0.3) is 0 Å². The van der Waals surface area contributed by atoms with Crippen molar-refractivity contribution >= 4 is 11.6 Å². The van der Waals surface area contributed by atoms with Gasteiger partial charge in [0.15, 0.2) is 0 Å². The highest BCUT2D eigenvalue weighted by atomic mass is 16.6. The van der Waals surface area contributed by atoms with E-state index >= 15 is 0 Å². The topological polar surface area (TPSA) is 92.5 Å². The number of aromatic hydroxyl groups is 1. The third-order valence-electron chi connectivity index (χ3n) is 4.24. The molecule has 0 spiro atoms. The summed E-state index contributed by atoms with van der Waals surface area (Å²) in [7, 11) is 0. The van der Waals surface area contributed by atoms with Crippen LogP contribution in [0.5, 0.6) is 5.75 Å². The molecule has 0 heterocycles. The molecular formula is C14H18N2O4. The van der Waals surface area contributed by atoms with Crippen LogP contribution >= 0.6 is 0 Å². The summed E-state index contributed by atoms with van der Waals surface area (Å²) in [6, 6.07) is 3.95. The van der Waals surface area contributed by atoms with Gasteiger partial charge in [0.2, 0.25) is 5.75 Å². The van der Waals surface area contributed by atoms with Crippen molar-refractivity contribution in [2.75, 3.05) is 6.54 Å². The molecule has 0 atom stereocenters. The van der Waals surface area contributed by atoms with Gasteiger partial charge in [-0.25, -0.2) is 0 Å². The van der Waals surface area contributed by atoms with E-state index in [-0.39, 0.29) is 11.0 Å². The fourth-order valence-electron chi connectivity index (χ4n) is 2.56. The number of nitrogens with zero attached hydrogens (tertiary/aromatic N) is 1. The molecule has 1 aromatic rings. The fourth-order valence-corrected chi connectivity index (χ4v) is 2.56. The quantitative estimate of drug-likeness (QED) is 0.639. The zero-order valence-corrected chi connectivity index (χ0v) is 11.4. The number of carbonyl (C=O) groups excluding carboxylic acids is 1. The molecule has 0 aliphatic heterocycles. The summed E-state index contributed by atoms with van der Waals surface area (Å²) >= 11 is 0. The molecule has 6 heteroatoms. The highest BCUT2D eigenvalue weighted by Crippen LogP contribution is 2.43. The van der Waals surface area contributed by atoms with Crippen LogP contribution in [0.4, 0.5) is 5.69 Å². The molecule has 0 radical (unpaired) electrons. The van der Waals surface area contributed by atoms with Crippen LogP contribution in [0.2, 0.25) is 0 Å². The Morgan fingerprint density at radius 2 is 2.20 bits per heavy atom. The van der Waals surface area contributed by atoms with Crippen molar-refractivity contribution < 1.29 is 14.8 Å².